The Kier molecular flexibility index (Phi) is 4.18. The zero-order chi connectivity index (χ0) is 18.1. The highest BCUT2D eigenvalue weighted by Crippen LogP contribution is 2.24. The Morgan fingerprint density at radius 1 is 1.32 bits per heavy atom. The third-order valence-electron chi connectivity index (χ3n) is 3.86. The van der Waals surface area contributed by atoms with Gasteiger partial charge in [-0.1, -0.05) is 12.1 Å². The molecule has 0 N–H and O–H groups in total. The number of aromatic nitrogens is 3. The number of nitro benzene ring substituents is 1. The molecule has 0 radical (unpaired) electrons. The van der Waals surface area contributed by atoms with Gasteiger partial charge in [-0.2, -0.15) is 5.10 Å². The maximum absolute atomic E-state index is 12.6. The number of nitro groups is 1. The van der Waals surface area contributed by atoms with Gasteiger partial charge >= 0.3 is 5.97 Å². The van der Waals surface area contributed by atoms with E-state index in [1.54, 1.807) is 49.8 Å². The molecule has 0 aliphatic rings. The number of hydrogen-bond donors (Lipinski definition) is 0. The topological polar surface area (TPSA) is 100 Å². The highest BCUT2D eigenvalue weighted by atomic mass is 16.6. The minimum Gasteiger partial charge on any atom is -0.457 e. The van der Waals surface area contributed by atoms with Crippen molar-refractivity contribution in [2.75, 3.05) is 0 Å². The van der Waals surface area contributed by atoms with Gasteiger partial charge in [-0.15, -0.1) is 0 Å². The first-order valence-electron chi connectivity index (χ1n) is 7.59. The van der Waals surface area contributed by atoms with Crippen LogP contribution in [0.1, 0.15) is 27.3 Å². The third kappa shape index (κ3) is 3.06. The van der Waals surface area contributed by atoms with E-state index in [1.165, 1.54) is 6.07 Å². The van der Waals surface area contributed by atoms with E-state index in [-0.39, 0.29) is 12.3 Å². The summed E-state index contributed by atoms with van der Waals surface area (Å²) >= 11 is 0. The molecule has 3 rings (SSSR count). The van der Waals surface area contributed by atoms with E-state index in [4.69, 9.17) is 4.74 Å². The first kappa shape index (κ1) is 16.6. The molecule has 0 aliphatic carbocycles. The number of rotatable bonds is 4. The molecule has 0 unspecified atom stereocenters. The van der Waals surface area contributed by atoms with Gasteiger partial charge in [0.15, 0.2) is 5.65 Å². The predicted octanol–water partition coefficient (Wildman–Crippen LogP) is 2.85. The molecule has 8 heteroatoms. The predicted molar refractivity (Wildman–Crippen MR) is 90.2 cm³/mol. The number of aryl methyl sites for hydroxylation is 3. The van der Waals surface area contributed by atoms with Gasteiger partial charge in [-0.05, 0) is 26.0 Å². The Labute approximate surface area is 143 Å². The average Bonchev–Trinajstić information content (AvgIpc) is 2.86. The number of esters is 1. The van der Waals surface area contributed by atoms with Crippen molar-refractivity contribution in [2.45, 2.75) is 20.5 Å². The molecule has 128 valence electrons. The summed E-state index contributed by atoms with van der Waals surface area (Å²) < 4.78 is 6.93. The van der Waals surface area contributed by atoms with Gasteiger partial charge in [-0.3, -0.25) is 14.8 Å². The van der Waals surface area contributed by atoms with Gasteiger partial charge < -0.3 is 4.74 Å². The molecule has 0 saturated carbocycles. The molecular weight excluding hydrogens is 324 g/mol. The first-order valence-corrected chi connectivity index (χ1v) is 7.59. The molecule has 0 fully saturated rings. The van der Waals surface area contributed by atoms with Crippen LogP contribution in [0.25, 0.3) is 11.0 Å². The monoisotopic (exact) mass is 340 g/mol. The molecule has 0 amide bonds. The van der Waals surface area contributed by atoms with Gasteiger partial charge in [0.1, 0.15) is 6.61 Å². The van der Waals surface area contributed by atoms with Crippen LogP contribution in [0.3, 0.4) is 0 Å². The van der Waals surface area contributed by atoms with Crippen LogP contribution in [-0.4, -0.2) is 25.7 Å². The maximum Gasteiger partial charge on any atom is 0.339 e. The van der Waals surface area contributed by atoms with Crippen LogP contribution in [0.5, 0.6) is 0 Å². The third-order valence-corrected chi connectivity index (χ3v) is 3.86. The lowest BCUT2D eigenvalue weighted by Gasteiger charge is -2.08. The number of carbonyl (C=O) groups excluding carboxylic acids is 1. The number of para-hydroxylation sites is 1. The van der Waals surface area contributed by atoms with Gasteiger partial charge in [0, 0.05) is 18.8 Å². The van der Waals surface area contributed by atoms with Crippen molar-refractivity contribution in [1.82, 2.24) is 14.8 Å². The number of carbonyl (C=O) groups is 1. The fraction of sp³-hybridized carbons (Fsp3) is 0.235. The van der Waals surface area contributed by atoms with Gasteiger partial charge in [0.05, 0.1) is 27.1 Å². The molecule has 2 aromatic heterocycles. The molecule has 25 heavy (non-hydrogen) atoms. The van der Waals surface area contributed by atoms with E-state index in [0.717, 1.165) is 0 Å². The minimum absolute atomic E-state index is 0.0797. The van der Waals surface area contributed by atoms with E-state index in [2.05, 4.69) is 10.1 Å². The second-order valence-electron chi connectivity index (χ2n) is 5.68. The SMILES string of the molecule is Cc1cc(C(=O)OCc2ccccc2[N+](=O)[O-])c2c(C)nn(C)c2n1. The number of nitrogens with zero attached hydrogens (tertiary/aromatic N) is 4. The summed E-state index contributed by atoms with van der Waals surface area (Å²) in [5.74, 6) is -0.565. The Bertz CT molecular complexity index is 994. The summed E-state index contributed by atoms with van der Waals surface area (Å²) in [7, 11) is 1.75. The van der Waals surface area contributed by atoms with E-state index in [1.807, 2.05) is 0 Å². The second kappa shape index (κ2) is 6.31. The zero-order valence-corrected chi connectivity index (χ0v) is 14.0. The van der Waals surface area contributed by atoms with Crippen LogP contribution in [0.2, 0.25) is 0 Å². The largest absolute Gasteiger partial charge is 0.457 e. The molecule has 1 aromatic carbocycles. The fourth-order valence-corrected chi connectivity index (χ4v) is 2.76. The number of hydrogen-bond acceptors (Lipinski definition) is 6. The summed E-state index contributed by atoms with van der Waals surface area (Å²) in [4.78, 5) is 27.5. The molecule has 0 spiro atoms. The Morgan fingerprint density at radius 3 is 2.76 bits per heavy atom. The minimum atomic E-state index is -0.565. The van der Waals surface area contributed by atoms with Crippen LogP contribution in [0.4, 0.5) is 5.69 Å². The summed E-state index contributed by atoms with van der Waals surface area (Å²) in [5, 5.41) is 16.0. The van der Waals surface area contributed by atoms with Crippen LogP contribution >= 0.6 is 0 Å². The molecule has 0 saturated heterocycles. The lowest BCUT2D eigenvalue weighted by atomic mass is 10.1. The van der Waals surface area contributed by atoms with Crippen LogP contribution in [0.15, 0.2) is 30.3 Å². The van der Waals surface area contributed by atoms with Crippen molar-refractivity contribution in [2.24, 2.45) is 7.05 Å². The number of fused-ring (bicyclic) bond motifs is 1. The quantitative estimate of drug-likeness (QED) is 0.411. The molecule has 0 atom stereocenters. The van der Waals surface area contributed by atoms with Crippen molar-refractivity contribution in [1.29, 1.82) is 0 Å². The maximum atomic E-state index is 12.6. The number of pyridine rings is 1. The number of benzene rings is 1. The summed E-state index contributed by atoms with van der Waals surface area (Å²) in [6.07, 6.45) is 0. The molecule has 2 heterocycles. The standard InChI is InChI=1S/C17H16N4O4/c1-10-8-13(15-11(2)19-20(3)16(15)18-10)17(22)25-9-12-6-4-5-7-14(12)21(23)24/h4-8H,9H2,1-3H3. The molecule has 0 aliphatic heterocycles. The molecule has 8 nitrogen and oxygen atoms in total. The Balaban J connectivity index is 1.93. The fourth-order valence-electron chi connectivity index (χ4n) is 2.76. The number of ether oxygens (including phenoxy) is 1. The lowest BCUT2D eigenvalue weighted by molar-refractivity contribution is -0.385. The van der Waals surface area contributed by atoms with E-state index >= 15 is 0 Å². The Morgan fingerprint density at radius 2 is 2.04 bits per heavy atom. The van der Waals surface area contributed by atoms with Crippen molar-refractivity contribution < 1.29 is 14.5 Å². The summed E-state index contributed by atoms with van der Waals surface area (Å²) in [6.45, 7) is 3.39. The lowest BCUT2D eigenvalue weighted by Crippen LogP contribution is -2.08. The smallest absolute Gasteiger partial charge is 0.339 e. The van der Waals surface area contributed by atoms with Gasteiger partial charge in [0.2, 0.25) is 0 Å². The summed E-state index contributed by atoms with van der Waals surface area (Å²) in [5.41, 5.74) is 2.53. The molecular formula is C17H16N4O4. The second-order valence-corrected chi connectivity index (χ2v) is 5.68. The van der Waals surface area contributed by atoms with Crippen molar-refractivity contribution in [3.05, 3.63) is 63.0 Å². The van der Waals surface area contributed by atoms with Crippen molar-refractivity contribution in [3.63, 3.8) is 0 Å². The average molecular weight is 340 g/mol. The van der Waals surface area contributed by atoms with Gasteiger partial charge in [0.25, 0.3) is 5.69 Å². The normalized spacial score (nSPS) is 10.8. The molecule has 0 bridgehead atoms. The van der Waals surface area contributed by atoms with Crippen LogP contribution < -0.4 is 0 Å². The van der Waals surface area contributed by atoms with E-state index in [0.29, 0.717) is 33.5 Å². The zero-order valence-electron chi connectivity index (χ0n) is 14.0. The van der Waals surface area contributed by atoms with Gasteiger partial charge in [-0.25, -0.2) is 9.78 Å². The van der Waals surface area contributed by atoms with Crippen LogP contribution in [0, 0.1) is 24.0 Å². The summed E-state index contributed by atoms with van der Waals surface area (Å²) in [6, 6.07) is 7.81. The highest BCUT2D eigenvalue weighted by molar-refractivity contribution is 6.03. The van der Waals surface area contributed by atoms with Crippen molar-refractivity contribution in [3.8, 4) is 0 Å². The van der Waals surface area contributed by atoms with E-state index in [9.17, 15) is 14.9 Å². The Hall–Kier alpha value is -3.29. The van der Waals surface area contributed by atoms with Crippen LogP contribution in [-0.2, 0) is 18.4 Å². The van der Waals surface area contributed by atoms with Crippen molar-refractivity contribution >= 4 is 22.7 Å². The highest BCUT2D eigenvalue weighted by Gasteiger charge is 2.20. The first-order chi connectivity index (χ1) is 11.9. The van der Waals surface area contributed by atoms with E-state index < -0.39 is 10.9 Å². The molecule has 3 aromatic rings.